The van der Waals surface area contributed by atoms with E-state index in [1.54, 1.807) is 17.0 Å². The van der Waals surface area contributed by atoms with E-state index in [1.165, 1.54) is 18.3 Å². The Kier molecular flexibility index (Phi) is 6.41. The second kappa shape index (κ2) is 8.18. The molecule has 0 radical (unpaired) electrons. The molecule has 0 atom stereocenters. The Hall–Kier alpha value is -1.93. The van der Waals surface area contributed by atoms with Gasteiger partial charge in [0, 0.05) is 39.0 Å². The number of sulfonamides is 1. The number of piperazine rings is 1. The van der Waals surface area contributed by atoms with Gasteiger partial charge >= 0.3 is 0 Å². The van der Waals surface area contributed by atoms with Crippen molar-refractivity contribution < 1.29 is 22.7 Å². The fourth-order valence-electron chi connectivity index (χ4n) is 2.88. The predicted octanol–water partition coefficient (Wildman–Crippen LogP) is 1.51. The Morgan fingerprint density at radius 1 is 1.04 bits per heavy atom. The van der Waals surface area contributed by atoms with E-state index in [9.17, 15) is 18.0 Å². The molecule has 0 saturated carbocycles. The average Bonchev–Trinajstić information content (AvgIpc) is 2.61. The van der Waals surface area contributed by atoms with Crippen molar-refractivity contribution in [3.05, 3.63) is 23.3 Å². The number of ketones is 1. The van der Waals surface area contributed by atoms with Crippen molar-refractivity contribution >= 4 is 21.7 Å². The van der Waals surface area contributed by atoms with E-state index in [1.807, 2.05) is 13.8 Å². The van der Waals surface area contributed by atoms with Crippen LogP contribution < -0.4 is 4.74 Å². The summed E-state index contributed by atoms with van der Waals surface area (Å²) in [7, 11) is -2.25. The summed E-state index contributed by atoms with van der Waals surface area (Å²) < 4.78 is 32.7. The van der Waals surface area contributed by atoms with Crippen LogP contribution in [0.3, 0.4) is 0 Å². The summed E-state index contributed by atoms with van der Waals surface area (Å²) in [6, 6.07) is 3.36. The van der Waals surface area contributed by atoms with Gasteiger partial charge in [-0.3, -0.25) is 4.79 Å². The smallest absolute Gasteiger partial charge is 0.246 e. The Labute approximate surface area is 155 Å². The first-order valence-electron chi connectivity index (χ1n) is 8.59. The third-order valence-corrected chi connectivity index (χ3v) is 6.60. The van der Waals surface area contributed by atoms with Gasteiger partial charge in [-0.2, -0.15) is 4.31 Å². The van der Waals surface area contributed by atoms with Crippen molar-refractivity contribution in [1.29, 1.82) is 0 Å². The summed E-state index contributed by atoms with van der Waals surface area (Å²) in [5.74, 6) is 0.190. The number of carbonyl (C=O) groups is 2. The first kappa shape index (κ1) is 20.4. The number of nitrogens with zero attached hydrogens (tertiary/aromatic N) is 2. The van der Waals surface area contributed by atoms with Gasteiger partial charge in [-0.25, -0.2) is 8.42 Å². The van der Waals surface area contributed by atoms with E-state index in [0.717, 1.165) is 11.1 Å². The highest BCUT2D eigenvalue weighted by molar-refractivity contribution is 7.89. The van der Waals surface area contributed by atoms with E-state index >= 15 is 0 Å². The molecule has 1 aromatic carbocycles. The molecule has 1 aliphatic rings. The number of amides is 1. The van der Waals surface area contributed by atoms with Gasteiger partial charge < -0.3 is 14.4 Å². The molecule has 0 spiro atoms. The lowest BCUT2D eigenvalue weighted by Crippen LogP contribution is -2.50. The molecule has 144 valence electrons. The van der Waals surface area contributed by atoms with Gasteiger partial charge in [0.2, 0.25) is 15.9 Å². The fourth-order valence-corrected chi connectivity index (χ4v) is 4.53. The monoisotopic (exact) mass is 382 g/mol. The van der Waals surface area contributed by atoms with Crippen LogP contribution in [0, 0.1) is 13.8 Å². The number of hydrogen-bond acceptors (Lipinski definition) is 5. The minimum Gasteiger partial charge on any atom is -0.495 e. The molecule has 1 fully saturated rings. The highest BCUT2D eigenvalue weighted by atomic mass is 32.2. The van der Waals surface area contributed by atoms with Crippen LogP contribution in [0.1, 0.15) is 30.9 Å². The zero-order valence-electron chi connectivity index (χ0n) is 15.7. The molecule has 8 heteroatoms. The second-order valence-electron chi connectivity index (χ2n) is 6.57. The average molecular weight is 382 g/mol. The Morgan fingerprint density at radius 3 is 2.15 bits per heavy atom. The maximum atomic E-state index is 13.0. The van der Waals surface area contributed by atoms with Gasteiger partial charge in [-0.05, 0) is 44.0 Å². The Morgan fingerprint density at radius 2 is 1.62 bits per heavy atom. The van der Waals surface area contributed by atoms with Crippen molar-refractivity contribution in [1.82, 2.24) is 9.21 Å². The van der Waals surface area contributed by atoms with Gasteiger partial charge in [0.1, 0.15) is 16.4 Å². The van der Waals surface area contributed by atoms with Gasteiger partial charge in [0.25, 0.3) is 0 Å². The summed E-state index contributed by atoms with van der Waals surface area (Å²) in [6.45, 7) is 6.31. The minimum absolute atomic E-state index is 0.0265. The lowest BCUT2D eigenvalue weighted by Gasteiger charge is -2.34. The fraction of sp³-hybridized carbons (Fsp3) is 0.556. The Balaban J connectivity index is 2.12. The lowest BCUT2D eigenvalue weighted by atomic mass is 10.1. The molecule has 1 amide bonds. The van der Waals surface area contributed by atoms with Crippen LogP contribution in [0.5, 0.6) is 5.75 Å². The van der Waals surface area contributed by atoms with Crippen LogP contribution in [0.4, 0.5) is 0 Å². The van der Waals surface area contributed by atoms with Crippen molar-refractivity contribution in [3.8, 4) is 5.75 Å². The molecule has 1 heterocycles. The molecule has 2 rings (SSSR count). The van der Waals surface area contributed by atoms with Crippen molar-refractivity contribution in [2.45, 2.75) is 38.5 Å². The molecule has 26 heavy (non-hydrogen) atoms. The van der Waals surface area contributed by atoms with Crippen molar-refractivity contribution in [3.63, 3.8) is 0 Å². The number of carbonyl (C=O) groups excluding carboxylic acids is 2. The molecule has 0 aromatic heterocycles. The second-order valence-corrected chi connectivity index (χ2v) is 8.48. The molecule has 0 bridgehead atoms. The summed E-state index contributed by atoms with van der Waals surface area (Å²) in [5.41, 5.74) is 1.84. The lowest BCUT2D eigenvalue weighted by molar-refractivity contribution is -0.134. The van der Waals surface area contributed by atoms with E-state index in [2.05, 4.69) is 0 Å². The number of ether oxygens (including phenoxy) is 1. The summed E-state index contributed by atoms with van der Waals surface area (Å²) in [6.07, 6.45) is 0.393. The summed E-state index contributed by atoms with van der Waals surface area (Å²) >= 11 is 0. The molecule has 7 nitrogen and oxygen atoms in total. The molecule has 0 aliphatic carbocycles. The molecular weight excluding hydrogens is 356 g/mol. The number of hydrogen-bond donors (Lipinski definition) is 0. The van der Waals surface area contributed by atoms with E-state index in [4.69, 9.17) is 4.74 Å². The number of benzene rings is 1. The SMILES string of the molecule is COc1cc(C)c(C)cc1S(=O)(=O)N1CCN(C(=O)CCC(C)=O)CC1. The minimum atomic E-state index is -3.70. The maximum Gasteiger partial charge on any atom is 0.246 e. The molecule has 1 aromatic rings. The van der Waals surface area contributed by atoms with Crippen LogP contribution in [0.25, 0.3) is 0 Å². The summed E-state index contributed by atoms with van der Waals surface area (Å²) in [5, 5.41) is 0. The van der Waals surface area contributed by atoms with E-state index < -0.39 is 10.0 Å². The van der Waals surface area contributed by atoms with Gasteiger partial charge in [0.15, 0.2) is 0 Å². The molecule has 0 unspecified atom stereocenters. The highest BCUT2D eigenvalue weighted by Crippen LogP contribution is 2.30. The maximum absolute atomic E-state index is 13.0. The molecular formula is C18H26N2O5S. The third-order valence-electron chi connectivity index (χ3n) is 4.68. The van der Waals surface area contributed by atoms with Gasteiger partial charge in [-0.15, -0.1) is 0 Å². The molecule has 1 saturated heterocycles. The first-order valence-corrected chi connectivity index (χ1v) is 10.0. The zero-order chi connectivity index (χ0) is 19.5. The van der Waals surface area contributed by atoms with Crippen LogP contribution in [-0.2, 0) is 19.6 Å². The third kappa shape index (κ3) is 4.42. The van der Waals surface area contributed by atoms with Crippen LogP contribution in [0.2, 0.25) is 0 Å². The summed E-state index contributed by atoms with van der Waals surface area (Å²) in [4.78, 5) is 24.9. The quantitative estimate of drug-likeness (QED) is 0.745. The van der Waals surface area contributed by atoms with Crippen LogP contribution in [0.15, 0.2) is 17.0 Å². The number of methoxy groups -OCH3 is 1. The highest BCUT2D eigenvalue weighted by Gasteiger charge is 2.32. The van der Waals surface area contributed by atoms with Crippen LogP contribution in [-0.4, -0.2) is 62.6 Å². The van der Waals surface area contributed by atoms with Crippen molar-refractivity contribution in [2.24, 2.45) is 0 Å². The topological polar surface area (TPSA) is 84.0 Å². The van der Waals surface area contributed by atoms with E-state index in [-0.39, 0.29) is 42.5 Å². The molecule has 1 aliphatic heterocycles. The van der Waals surface area contributed by atoms with Gasteiger partial charge in [0.05, 0.1) is 7.11 Å². The standard InChI is InChI=1S/C18H26N2O5S/c1-13-11-16(25-4)17(12-14(13)2)26(23,24)20-9-7-19(8-10-20)18(22)6-5-15(3)21/h11-12H,5-10H2,1-4H3. The zero-order valence-corrected chi connectivity index (χ0v) is 16.6. The first-order chi connectivity index (χ1) is 12.2. The van der Waals surface area contributed by atoms with Gasteiger partial charge in [-0.1, -0.05) is 0 Å². The number of Topliss-reactive ketones (excluding diaryl/α,β-unsaturated/α-hetero) is 1. The van der Waals surface area contributed by atoms with Crippen LogP contribution >= 0.6 is 0 Å². The van der Waals surface area contributed by atoms with E-state index in [0.29, 0.717) is 18.8 Å². The Bertz CT molecular complexity index is 796. The van der Waals surface area contributed by atoms with Crippen molar-refractivity contribution in [2.75, 3.05) is 33.3 Å². The predicted molar refractivity (Wildman–Crippen MR) is 97.7 cm³/mol. The number of rotatable bonds is 6. The largest absolute Gasteiger partial charge is 0.495 e. The molecule has 0 N–H and O–H groups in total. The normalized spacial score (nSPS) is 15.8. The number of aryl methyl sites for hydroxylation is 2.